The van der Waals surface area contributed by atoms with Crippen molar-refractivity contribution < 1.29 is 9.53 Å². The van der Waals surface area contributed by atoms with Crippen molar-refractivity contribution in [2.45, 2.75) is 19.0 Å². The van der Waals surface area contributed by atoms with Crippen LogP contribution in [0.2, 0.25) is 0 Å². The van der Waals surface area contributed by atoms with Crippen molar-refractivity contribution in [3.63, 3.8) is 0 Å². The molecule has 2 fully saturated rings. The molecular formula is C15H21N3O2. The number of amides is 1. The molecule has 0 radical (unpaired) electrons. The van der Waals surface area contributed by atoms with E-state index < -0.39 is 5.91 Å². The predicted octanol–water partition coefficient (Wildman–Crippen LogP) is 1.27. The van der Waals surface area contributed by atoms with Crippen LogP contribution in [0.1, 0.15) is 23.2 Å². The summed E-state index contributed by atoms with van der Waals surface area (Å²) in [6.07, 6.45) is 2.79. The van der Waals surface area contributed by atoms with Crippen LogP contribution in [0.5, 0.6) is 0 Å². The van der Waals surface area contributed by atoms with E-state index in [2.05, 4.69) is 10.2 Å². The molecule has 3 N–H and O–H groups in total. The average Bonchev–Trinajstić information content (AvgIpc) is 3.25. The van der Waals surface area contributed by atoms with Crippen LogP contribution in [-0.4, -0.2) is 43.3 Å². The second-order valence-electron chi connectivity index (χ2n) is 5.58. The van der Waals surface area contributed by atoms with Crippen LogP contribution in [0.3, 0.4) is 0 Å². The fraction of sp³-hybridized carbons (Fsp3) is 0.533. The topological polar surface area (TPSA) is 67.6 Å². The van der Waals surface area contributed by atoms with Gasteiger partial charge in [-0.05, 0) is 30.9 Å². The third-order valence-electron chi connectivity index (χ3n) is 3.94. The molecule has 1 aliphatic carbocycles. The molecule has 1 aliphatic heterocycles. The standard InChI is InChI=1S/C15H21N3O2/c16-15(19)12-3-1-2-4-13(12)17-14-10-20-8-7-18(14)9-11-5-6-11/h1-4,11,14,17H,5-10H2,(H2,16,19). The smallest absolute Gasteiger partial charge is 0.250 e. The van der Waals surface area contributed by atoms with E-state index in [1.165, 1.54) is 12.8 Å². The number of carbonyl (C=O) groups is 1. The first kappa shape index (κ1) is 13.4. The summed E-state index contributed by atoms with van der Waals surface area (Å²) in [5.41, 5.74) is 6.74. The average molecular weight is 275 g/mol. The number of anilines is 1. The summed E-state index contributed by atoms with van der Waals surface area (Å²) in [7, 11) is 0. The quantitative estimate of drug-likeness (QED) is 0.849. The van der Waals surface area contributed by atoms with Crippen molar-refractivity contribution in [1.82, 2.24) is 4.90 Å². The summed E-state index contributed by atoms with van der Waals surface area (Å²) in [6, 6.07) is 7.37. The van der Waals surface area contributed by atoms with Gasteiger partial charge in [-0.2, -0.15) is 0 Å². The molecule has 1 saturated carbocycles. The molecular weight excluding hydrogens is 254 g/mol. The van der Waals surface area contributed by atoms with Gasteiger partial charge >= 0.3 is 0 Å². The first-order valence-corrected chi connectivity index (χ1v) is 7.21. The fourth-order valence-corrected chi connectivity index (χ4v) is 2.62. The first-order chi connectivity index (χ1) is 9.74. The number of carbonyl (C=O) groups excluding carboxylic acids is 1. The number of hydrogen-bond donors (Lipinski definition) is 2. The molecule has 1 heterocycles. The van der Waals surface area contributed by atoms with Crippen molar-refractivity contribution in [3.8, 4) is 0 Å². The van der Waals surface area contributed by atoms with E-state index in [1.54, 1.807) is 6.07 Å². The number of ether oxygens (including phenoxy) is 1. The summed E-state index contributed by atoms with van der Waals surface area (Å²) >= 11 is 0. The molecule has 1 amide bonds. The van der Waals surface area contributed by atoms with E-state index in [0.717, 1.165) is 31.3 Å². The van der Waals surface area contributed by atoms with Gasteiger partial charge < -0.3 is 15.8 Å². The van der Waals surface area contributed by atoms with Gasteiger partial charge in [-0.15, -0.1) is 0 Å². The summed E-state index contributed by atoms with van der Waals surface area (Å²) in [4.78, 5) is 13.9. The minimum absolute atomic E-state index is 0.116. The maximum atomic E-state index is 11.5. The number of para-hydroxylation sites is 1. The largest absolute Gasteiger partial charge is 0.377 e. The Kier molecular flexibility index (Phi) is 3.89. The lowest BCUT2D eigenvalue weighted by molar-refractivity contribution is 0.00113. The van der Waals surface area contributed by atoms with Crippen LogP contribution in [0.4, 0.5) is 5.69 Å². The number of nitrogens with zero attached hydrogens (tertiary/aromatic N) is 1. The molecule has 0 spiro atoms. The molecule has 5 nitrogen and oxygen atoms in total. The summed E-state index contributed by atoms with van der Waals surface area (Å²) in [6.45, 7) is 3.47. The van der Waals surface area contributed by atoms with Crippen molar-refractivity contribution in [2.24, 2.45) is 11.7 Å². The molecule has 0 bridgehead atoms. The van der Waals surface area contributed by atoms with Crippen LogP contribution in [-0.2, 0) is 4.74 Å². The van der Waals surface area contributed by atoms with Crippen molar-refractivity contribution >= 4 is 11.6 Å². The van der Waals surface area contributed by atoms with Crippen molar-refractivity contribution in [1.29, 1.82) is 0 Å². The molecule has 3 rings (SSSR count). The van der Waals surface area contributed by atoms with Crippen molar-refractivity contribution in [2.75, 3.05) is 31.6 Å². The number of morpholine rings is 1. The molecule has 1 saturated heterocycles. The van der Waals surface area contributed by atoms with E-state index >= 15 is 0 Å². The van der Waals surface area contributed by atoms with Gasteiger partial charge in [-0.1, -0.05) is 12.1 Å². The highest BCUT2D eigenvalue weighted by Gasteiger charge is 2.30. The van der Waals surface area contributed by atoms with Crippen LogP contribution < -0.4 is 11.1 Å². The third-order valence-corrected chi connectivity index (χ3v) is 3.94. The van der Waals surface area contributed by atoms with Crippen LogP contribution in [0, 0.1) is 5.92 Å². The fourth-order valence-electron chi connectivity index (χ4n) is 2.62. The Morgan fingerprint density at radius 3 is 2.95 bits per heavy atom. The maximum absolute atomic E-state index is 11.5. The van der Waals surface area contributed by atoms with Crippen molar-refractivity contribution in [3.05, 3.63) is 29.8 Å². The molecule has 1 atom stereocenters. The Balaban J connectivity index is 1.72. The van der Waals surface area contributed by atoms with Crippen LogP contribution in [0.15, 0.2) is 24.3 Å². The number of rotatable bonds is 5. The molecule has 1 unspecified atom stereocenters. The van der Waals surface area contributed by atoms with Gasteiger partial charge in [-0.25, -0.2) is 0 Å². The second kappa shape index (κ2) is 5.81. The highest BCUT2D eigenvalue weighted by atomic mass is 16.5. The van der Waals surface area contributed by atoms with E-state index in [-0.39, 0.29) is 6.17 Å². The van der Waals surface area contributed by atoms with E-state index in [4.69, 9.17) is 10.5 Å². The SMILES string of the molecule is NC(=O)c1ccccc1NC1COCCN1CC1CC1. The molecule has 108 valence electrons. The second-order valence-corrected chi connectivity index (χ2v) is 5.58. The van der Waals surface area contributed by atoms with Crippen LogP contribution >= 0.6 is 0 Å². The van der Waals surface area contributed by atoms with Gasteiger partial charge in [0.05, 0.1) is 18.8 Å². The van der Waals surface area contributed by atoms with E-state index in [1.807, 2.05) is 18.2 Å². The van der Waals surface area contributed by atoms with Gasteiger partial charge in [-0.3, -0.25) is 9.69 Å². The Hall–Kier alpha value is -1.59. The number of benzene rings is 1. The zero-order chi connectivity index (χ0) is 13.9. The summed E-state index contributed by atoms with van der Waals surface area (Å²) in [5.74, 6) is 0.433. The molecule has 20 heavy (non-hydrogen) atoms. The zero-order valence-electron chi connectivity index (χ0n) is 11.5. The van der Waals surface area contributed by atoms with Gasteiger partial charge in [0.1, 0.15) is 6.17 Å². The number of nitrogens with one attached hydrogen (secondary N) is 1. The highest BCUT2D eigenvalue weighted by molar-refractivity contribution is 5.98. The molecule has 1 aromatic rings. The van der Waals surface area contributed by atoms with Crippen LogP contribution in [0.25, 0.3) is 0 Å². The lowest BCUT2D eigenvalue weighted by Crippen LogP contribution is -2.50. The van der Waals surface area contributed by atoms with E-state index in [9.17, 15) is 4.79 Å². The molecule has 1 aromatic carbocycles. The van der Waals surface area contributed by atoms with Gasteiger partial charge in [0.2, 0.25) is 0 Å². The lowest BCUT2D eigenvalue weighted by atomic mass is 10.1. The number of hydrogen-bond acceptors (Lipinski definition) is 4. The number of primary amides is 1. The minimum Gasteiger partial charge on any atom is -0.377 e. The third kappa shape index (κ3) is 3.11. The summed E-state index contributed by atoms with van der Waals surface area (Å²) in [5, 5.41) is 3.41. The lowest BCUT2D eigenvalue weighted by Gasteiger charge is -2.36. The zero-order valence-corrected chi connectivity index (χ0v) is 11.5. The Morgan fingerprint density at radius 1 is 1.40 bits per heavy atom. The monoisotopic (exact) mass is 275 g/mol. The van der Waals surface area contributed by atoms with Gasteiger partial charge in [0.25, 0.3) is 5.91 Å². The first-order valence-electron chi connectivity index (χ1n) is 7.21. The molecule has 5 heteroatoms. The molecule has 2 aliphatic rings. The Morgan fingerprint density at radius 2 is 2.20 bits per heavy atom. The number of nitrogens with two attached hydrogens (primary N) is 1. The van der Waals surface area contributed by atoms with Gasteiger partial charge in [0.15, 0.2) is 0 Å². The predicted molar refractivity (Wildman–Crippen MR) is 77.5 cm³/mol. The van der Waals surface area contributed by atoms with Gasteiger partial charge in [0, 0.05) is 18.8 Å². The Labute approximate surface area is 119 Å². The minimum atomic E-state index is -0.404. The summed E-state index contributed by atoms with van der Waals surface area (Å²) < 4.78 is 5.57. The maximum Gasteiger partial charge on any atom is 0.250 e. The molecule has 0 aromatic heterocycles. The highest BCUT2D eigenvalue weighted by Crippen LogP contribution is 2.31. The van der Waals surface area contributed by atoms with E-state index in [0.29, 0.717) is 12.2 Å². The Bertz CT molecular complexity index is 488. The normalized spacial score (nSPS) is 23.5.